The monoisotopic (exact) mass is 233 g/mol. The van der Waals surface area contributed by atoms with E-state index in [-0.39, 0.29) is 34.6 Å². The van der Waals surface area contributed by atoms with Crippen LogP contribution in [0.3, 0.4) is 0 Å². The van der Waals surface area contributed by atoms with Crippen LogP contribution in [0.2, 0.25) is 0 Å². The molecule has 1 aromatic rings. The van der Waals surface area contributed by atoms with E-state index in [4.69, 9.17) is 0 Å². The van der Waals surface area contributed by atoms with Crippen LogP contribution in [0.25, 0.3) is 0 Å². The third-order valence-corrected chi connectivity index (χ3v) is 2.14. The van der Waals surface area contributed by atoms with E-state index in [1.54, 1.807) is 0 Å². The van der Waals surface area contributed by atoms with Gasteiger partial charge in [-0.2, -0.15) is 13.2 Å². The number of alkyl halides is 3. The Kier molecular flexibility index (Phi) is 4.57. The molecule has 0 unspecified atom stereocenters. The molecule has 0 aliphatic carbocycles. The third-order valence-electron chi connectivity index (χ3n) is 1.19. The van der Waals surface area contributed by atoms with Gasteiger partial charge < -0.3 is 9.90 Å². The van der Waals surface area contributed by atoms with E-state index in [0.29, 0.717) is 11.3 Å². The van der Waals surface area contributed by atoms with Crippen molar-refractivity contribution >= 4 is 17.3 Å². The summed E-state index contributed by atoms with van der Waals surface area (Å²) < 4.78 is 36.2. The molecule has 1 rings (SSSR count). The van der Waals surface area contributed by atoms with Crippen molar-refractivity contribution < 1.29 is 52.6 Å². The Hall–Kier alpha value is -0.110. The maximum Gasteiger partial charge on any atom is 1.00 e. The van der Waals surface area contributed by atoms with Gasteiger partial charge in [-0.1, -0.05) is 0 Å². The van der Waals surface area contributed by atoms with E-state index in [1.807, 2.05) is 0 Å². The van der Waals surface area contributed by atoms with Crippen molar-refractivity contribution in [2.45, 2.75) is 13.1 Å². The second kappa shape index (κ2) is 4.61. The molecule has 0 amide bonds. The van der Waals surface area contributed by atoms with Gasteiger partial charge in [-0.15, -0.1) is 11.3 Å². The topological polar surface area (TPSA) is 53.0 Å². The zero-order valence-electron chi connectivity index (χ0n) is 7.31. The summed E-state index contributed by atoms with van der Waals surface area (Å²) in [5.41, 5.74) is -1.38. The molecule has 0 aromatic carbocycles. The molecule has 0 aliphatic heterocycles. The number of hydrogen-bond acceptors (Lipinski definition) is 4. The number of thiazole rings is 1. The maximum absolute atomic E-state index is 12.1. The van der Waals surface area contributed by atoms with Gasteiger partial charge in [-0.3, -0.25) is 0 Å². The molecular formula is C6H3F3NNaO2S. The van der Waals surface area contributed by atoms with E-state index in [9.17, 15) is 23.1 Å². The number of carbonyl (C=O) groups is 1. The van der Waals surface area contributed by atoms with Crippen LogP contribution >= 0.6 is 11.3 Å². The Morgan fingerprint density at radius 3 is 2.29 bits per heavy atom. The van der Waals surface area contributed by atoms with Crippen molar-refractivity contribution in [3.05, 3.63) is 15.6 Å². The smallest absolute Gasteiger partial charge is 0.544 e. The SMILES string of the molecule is Cc1nc(C(F)(F)F)c(C(=O)[O-])s1.[Na+]. The zero-order chi connectivity index (χ0) is 10.2. The summed E-state index contributed by atoms with van der Waals surface area (Å²) >= 11 is 0.456. The average Bonchev–Trinajstić information content (AvgIpc) is 2.29. The van der Waals surface area contributed by atoms with Gasteiger partial charge in [-0.05, 0) is 6.92 Å². The maximum atomic E-state index is 12.1. The molecule has 0 saturated heterocycles. The van der Waals surface area contributed by atoms with Crippen LogP contribution in [0.1, 0.15) is 20.4 Å². The average molecular weight is 233 g/mol. The summed E-state index contributed by atoms with van der Waals surface area (Å²) in [7, 11) is 0. The number of hydrogen-bond donors (Lipinski definition) is 0. The van der Waals surface area contributed by atoms with Gasteiger partial charge in [0.1, 0.15) is 0 Å². The molecule has 0 atom stereocenters. The van der Waals surface area contributed by atoms with E-state index in [2.05, 4.69) is 4.98 Å². The minimum absolute atomic E-state index is 0. The largest absolute Gasteiger partial charge is 1.00 e. The fourth-order valence-electron chi connectivity index (χ4n) is 0.758. The Balaban J connectivity index is 0.00000169. The zero-order valence-corrected chi connectivity index (χ0v) is 10.1. The van der Waals surface area contributed by atoms with Crippen molar-refractivity contribution in [2.24, 2.45) is 0 Å². The Bertz CT molecular complexity index is 349. The van der Waals surface area contributed by atoms with Crippen LogP contribution < -0.4 is 34.7 Å². The predicted octanol–water partition coefficient (Wildman–Crippen LogP) is -2.16. The number of halogens is 3. The molecule has 1 aromatic heterocycles. The first-order valence-electron chi connectivity index (χ1n) is 3.08. The van der Waals surface area contributed by atoms with E-state index in [1.165, 1.54) is 6.92 Å². The molecule has 3 nitrogen and oxygen atoms in total. The Morgan fingerprint density at radius 1 is 1.50 bits per heavy atom. The van der Waals surface area contributed by atoms with Gasteiger partial charge in [0, 0.05) is 0 Å². The second-order valence-electron chi connectivity index (χ2n) is 2.20. The van der Waals surface area contributed by atoms with E-state index < -0.39 is 22.7 Å². The van der Waals surface area contributed by atoms with Crippen molar-refractivity contribution in [1.82, 2.24) is 4.98 Å². The first-order chi connectivity index (χ1) is 5.82. The summed E-state index contributed by atoms with van der Waals surface area (Å²) in [6, 6.07) is 0. The van der Waals surface area contributed by atoms with Gasteiger partial charge in [0.25, 0.3) is 0 Å². The van der Waals surface area contributed by atoms with Gasteiger partial charge in [-0.25, -0.2) is 4.98 Å². The van der Waals surface area contributed by atoms with E-state index in [0.717, 1.165) is 0 Å². The van der Waals surface area contributed by atoms with Gasteiger partial charge in [0.05, 0.1) is 15.9 Å². The minimum atomic E-state index is -4.74. The molecule has 0 radical (unpaired) electrons. The van der Waals surface area contributed by atoms with Crippen molar-refractivity contribution in [3.8, 4) is 0 Å². The summed E-state index contributed by atoms with van der Waals surface area (Å²) in [4.78, 5) is 12.4. The van der Waals surface area contributed by atoms with Gasteiger partial charge in [0.2, 0.25) is 0 Å². The number of carbonyl (C=O) groups excluding carboxylic acids is 1. The molecular weight excluding hydrogens is 230 g/mol. The first kappa shape index (κ1) is 13.9. The van der Waals surface area contributed by atoms with E-state index >= 15 is 0 Å². The number of carboxylic acid groups (broad SMARTS) is 1. The number of carboxylic acids is 1. The fraction of sp³-hybridized carbons (Fsp3) is 0.333. The minimum Gasteiger partial charge on any atom is -0.544 e. The Labute approximate surface area is 103 Å². The summed E-state index contributed by atoms with van der Waals surface area (Å²) in [5, 5.41) is 10.3. The quantitative estimate of drug-likeness (QED) is 0.519. The molecule has 0 saturated carbocycles. The molecule has 1 heterocycles. The molecule has 0 N–H and O–H groups in total. The number of aromatic nitrogens is 1. The van der Waals surface area contributed by atoms with Crippen LogP contribution in [-0.4, -0.2) is 11.0 Å². The van der Waals surface area contributed by atoms with Crippen LogP contribution in [-0.2, 0) is 6.18 Å². The van der Waals surface area contributed by atoms with Crippen LogP contribution in [0.15, 0.2) is 0 Å². The molecule has 72 valence electrons. The molecule has 8 heteroatoms. The van der Waals surface area contributed by atoms with Crippen molar-refractivity contribution in [3.63, 3.8) is 0 Å². The first-order valence-corrected chi connectivity index (χ1v) is 3.90. The summed E-state index contributed by atoms with van der Waals surface area (Å²) in [6.45, 7) is 1.30. The summed E-state index contributed by atoms with van der Waals surface area (Å²) in [5.74, 6) is -1.85. The van der Waals surface area contributed by atoms with Gasteiger partial charge >= 0.3 is 35.7 Å². The number of rotatable bonds is 1. The number of aryl methyl sites for hydroxylation is 1. The molecule has 14 heavy (non-hydrogen) atoms. The molecule has 0 bridgehead atoms. The fourth-order valence-corrected chi connectivity index (χ4v) is 1.53. The van der Waals surface area contributed by atoms with Crippen LogP contribution in [0.5, 0.6) is 0 Å². The van der Waals surface area contributed by atoms with Crippen LogP contribution in [0.4, 0.5) is 13.2 Å². The second-order valence-corrected chi connectivity index (χ2v) is 3.40. The normalized spacial score (nSPS) is 10.9. The van der Waals surface area contributed by atoms with Crippen molar-refractivity contribution in [2.75, 3.05) is 0 Å². The third kappa shape index (κ3) is 2.94. The standard InChI is InChI=1S/C6H4F3NO2S.Na/c1-2-10-4(6(7,8)9)3(13-2)5(11)12;/h1H3,(H,11,12);/q;+1/p-1. The Morgan fingerprint density at radius 2 is 2.00 bits per heavy atom. The van der Waals surface area contributed by atoms with Crippen molar-refractivity contribution in [1.29, 1.82) is 0 Å². The van der Waals surface area contributed by atoms with Gasteiger partial charge in [0.15, 0.2) is 5.69 Å². The number of nitrogens with zero attached hydrogens (tertiary/aromatic N) is 1. The molecule has 0 spiro atoms. The van der Waals surface area contributed by atoms with Crippen LogP contribution in [0, 0.1) is 6.92 Å². The predicted molar refractivity (Wildman–Crippen MR) is 36.2 cm³/mol. The summed E-state index contributed by atoms with van der Waals surface area (Å²) in [6.07, 6.45) is -4.74. The molecule has 0 aliphatic rings. The molecule has 0 fully saturated rings. The number of aromatic carboxylic acids is 1.